The first-order valence-corrected chi connectivity index (χ1v) is 11.9. The van der Waals surface area contributed by atoms with Gasteiger partial charge in [-0.3, -0.25) is 10.2 Å². The molecule has 1 aromatic heterocycles. The Kier molecular flexibility index (Phi) is 7.24. The van der Waals surface area contributed by atoms with Gasteiger partial charge in [-0.15, -0.1) is 0 Å². The SMILES string of the molecule is CCCc1cc2cc([C@H](Nc3ccc(C(=N)N)cc3)C(=O)NS(N)(=O)=O)cc(OCC)c2o1. The topological polar surface area (TPSA) is 174 Å². The molecular formula is C22H27N5O5S. The van der Waals surface area contributed by atoms with E-state index in [4.69, 9.17) is 25.4 Å². The third-order valence-corrected chi connectivity index (χ3v) is 5.28. The van der Waals surface area contributed by atoms with Crippen molar-refractivity contribution in [2.75, 3.05) is 11.9 Å². The Hall–Kier alpha value is -3.57. The lowest BCUT2D eigenvalue weighted by Crippen LogP contribution is -2.41. The van der Waals surface area contributed by atoms with E-state index in [0.29, 0.717) is 34.8 Å². The molecule has 1 heterocycles. The van der Waals surface area contributed by atoms with E-state index in [1.54, 1.807) is 36.4 Å². The number of nitrogen functional groups attached to an aromatic ring is 1. The van der Waals surface area contributed by atoms with Crippen molar-refractivity contribution < 1.29 is 22.4 Å². The summed E-state index contributed by atoms with van der Waals surface area (Å²) >= 11 is 0. The number of amidine groups is 1. The minimum absolute atomic E-state index is 0.0975. The molecule has 1 amide bonds. The van der Waals surface area contributed by atoms with E-state index in [2.05, 4.69) is 5.32 Å². The predicted octanol–water partition coefficient (Wildman–Crippen LogP) is 2.54. The van der Waals surface area contributed by atoms with E-state index >= 15 is 0 Å². The van der Waals surface area contributed by atoms with Gasteiger partial charge in [0.1, 0.15) is 17.6 Å². The van der Waals surface area contributed by atoms with Crippen LogP contribution in [0.15, 0.2) is 46.9 Å². The van der Waals surface area contributed by atoms with Gasteiger partial charge in [0.25, 0.3) is 16.1 Å². The van der Waals surface area contributed by atoms with Crippen molar-refractivity contribution in [3.63, 3.8) is 0 Å². The van der Waals surface area contributed by atoms with Crippen molar-refractivity contribution >= 4 is 38.6 Å². The Morgan fingerprint density at radius 2 is 1.88 bits per heavy atom. The van der Waals surface area contributed by atoms with Gasteiger partial charge in [-0.25, -0.2) is 9.86 Å². The molecule has 0 saturated carbocycles. The Morgan fingerprint density at radius 3 is 2.45 bits per heavy atom. The zero-order valence-electron chi connectivity index (χ0n) is 18.3. The Labute approximate surface area is 192 Å². The van der Waals surface area contributed by atoms with Gasteiger partial charge >= 0.3 is 0 Å². The molecule has 0 radical (unpaired) electrons. The molecule has 0 unspecified atom stereocenters. The van der Waals surface area contributed by atoms with Crippen molar-refractivity contribution in [2.45, 2.75) is 32.7 Å². The summed E-state index contributed by atoms with van der Waals surface area (Å²) in [7, 11) is -4.29. The number of amides is 1. The second-order valence-electron chi connectivity index (χ2n) is 7.41. The molecule has 7 N–H and O–H groups in total. The van der Waals surface area contributed by atoms with Crippen molar-refractivity contribution in [1.82, 2.24) is 4.72 Å². The van der Waals surface area contributed by atoms with Crippen LogP contribution in [0.5, 0.6) is 5.75 Å². The lowest BCUT2D eigenvalue weighted by Gasteiger charge is -2.20. The van der Waals surface area contributed by atoms with Gasteiger partial charge < -0.3 is 20.2 Å². The number of furan rings is 1. The fraction of sp³-hybridized carbons (Fsp3) is 0.273. The van der Waals surface area contributed by atoms with Crippen molar-refractivity contribution in [1.29, 1.82) is 5.41 Å². The first kappa shape index (κ1) is 24.1. The molecular weight excluding hydrogens is 446 g/mol. The van der Waals surface area contributed by atoms with E-state index in [1.807, 2.05) is 24.6 Å². The first-order valence-electron chi connectivity index (χ1n) is 10.4. The van der Waals surface area contributed by atoms with Crippen LogP contribution in [-0.2, 0) is 21.4 Å². The fourth-order valence-electron chi connectivity index (χ4n) is 3.41. The van der Waals surface area contributed by atoms with Gasteiger partial charge in [-0.1, -0.05) is 6.92 Å². The molecule has 0 saturated heterocycles. The minimum atomic E-state index is -4.29. The molecule has 2 aromatic carbocycles. The quantitative estimate of drug-likeness (QED) is 0.222. The Balaban J connectivity index is 2.07. The van der Waals surface area contributed by atoms with Crippen LogP contribution in [-0.4, -0.2) is 26.8 Å². The van der Waals surface area contributed by atoms with Gasteiger partial charge in [-0.2, -0.15) is 8.42 Å². The monoisotopic (exact) mass is 473 g/mol. The molecule has 10 nitrogen and oxygen atoms in total. The summed E-state index contributed by atoms with van der Waals surface area (Å²) in [6.07, 6.45) is 1.64. The summed E-state index contributed by atoms with van der Waals surface area (Å²) in [5, 5.41) is 16.3. The van der Waals surface area contributed by atoms with Crippen LogP contribution >= 0.6 is 0 Å². The maximum absolute atomic E-state index is 12.9. The highest BCUT2D eigenvalue weighted by Crippen LogP contribution is 2.34. The summed E-state index contributed by atoms with van der Waals surface area (Å²) in [5.41, 5.74) is 7.51. The van der Waals surface area contributed by atoms with E-state index in [9.17, 15) is 13.2 Å². The number of carbonyl (C=O) groups excluding carboxylic acids is 1. The Bertz CT molecular complexity index is 1270. The van der Waals surface area contributed by atoms with Gasteiger partial charge in [0.15, 0.2) is 11.3 Å². The summed E-state index contributed by atoms with van der Waals surface area (Å²) in [4.78, 5) is 12.9. The summed E-state index contributed by atoms with van der Waals surface area (Å²) in [6.45, 7) is 4.24. The molecule has 3 aromatic rings. The maximum Gasteiger partial charge on any atom is 0.298 e. The van der Waals surface area contributed by atoms with Crippen LogP contribution in [0.3, 0.4) is 0 Å². The van der Waals surface area contributed by atoms with Crippen molar-refractivity contribution in [2.24, 2.45) is 10.9 Å². The van der Waals surface area contributed by atoms with Crippen LogP contribution in [0.2, 0.25) is 0 Å². The van der Waals surface area contributed by atoms with Gasteiger partial charge in [0, 0.05) is 23.1 Å². The van der Waals surface area contributed by atoms with Crippen LogP contribution in [0.25, 0.3) is 11.0 Å². The minimum Gasteiger partial charge on any atom is -0.490 e. The fourth-order valence-corrected chi connectivity index (χ4v) is 3.81. The standard InChI is InChI=1S/C22H27N5O5S/c1-3-5-17-11-15-10-14(12-18(31-4-2)20(15)32-17)19(22(28)27-33(25,29)30)26-16-8-6-13(7-9-16)21(23)24/h6-12,19,26H,3-5H2,1-2H3,(H3,23,24)(H,27,28)(H2,25,29,30)/t19-/m0/s1. The molecule has 176 valence electrons. The van der Waals surface area contributed by atoms with E-state index < -0.39 is 22.2 Å². The molecule has 0 fully saturated rings. The van der Waals surface area contributed by atoms with Crippen LogP contribution in [0, 0.1) is 5.41 Å². The lowest BCUT2D eigenvalue weighted by molar-refractivity contribution is -0.120. The molecule has 0 aliphatic carbocycles. The smallest absolute Gasteiger partial charge is 0.298 e. The number of nitrogens with one attached hydrogen (secondary N) is 3. The highest BCUT2D eigenvalue weighted by atomic mass is 32.2. The summed E-state index contributed by atoms with van der Waals surface area (Å²) < 4.78 is 36.6. The molecule has 0 bridgehead atoms. The van der Waals surface area contributed by atoms with Crippen LogP contribution < -0.4 is 25.6 Å². The number of fused-ring (bicyclic) bond motifs is 1. The molecule has 11 heteroatoms. The van der Waals surface area contributed by atoms with E-state index in [0.717, 1.165) is 24.0 Å². The molecule has 0 aliphatic rings. The van der Waals surface area contributed by atoms with Crippen LogP contribution in [0.4, 0.5) is 5.69 Å². The normalized spacial score (nSPS) is 12.3. The number of ether oxygens (including phenoxy) is 1. The number of aryl methyl sites for hydroxylation is 1. The molecule has 3 rings (SSSR count). The first-order chi connectivity index (χ1) is 15.6. The zero-order chi connectivity index (χ0) is 24.2. The third-order valence-electron chi connectivity index (χ3n) is 4.80. The lowest BCUT2D eigenvalue weighted by atomic mass is 10.0. The van der Waals surface area contributed by atoms with Crippen molar-refractivity contribution in [3.8, 4) is 5.75 Å². The van der Waals surface area contributed by atoms with Gasteiger partial charge in [0.2, 0.25) is 0 Å². The Morgan fingerprint density at radius 1 is 1.18 bits per heavy atom. The maximum atomic E-state index is 12.9. The number of rotatable bonds is 10. The molecule has 33 heavy (non-hydrogen) atoms. The number of benzene rings is 2. The summed E-state index contributed by atoms with van der Waals surface area (Å²) in [6, 6.07) is 10.6. The second kappa shape index (κ2) is 9.92. The van der Waals surface area contributed by atoms with Crippen molar-refractivity contribution in [3.05, 3.63) is 59.4 Å². The summed E-state index contributed by atoms with van der Waals surface area (Å²) in [5.74, 6) is 0.255. The van der Waals surface area contributed by atoms with E-state index in [1.165, 1.54) is 0 Å². The van der Waals surface area contributed by atoms with E-state index in [-0.39, 0.29) is 5.84 Å². The number of hydrogen-bond acceptors (Lipinski definition) is 7. The number of carbonyl (C=O) groups is 1. The average molecular weight is 474 g/mol. The number of nitrogens with two attached hydrogens (primary N) is 2. The molecule has 1 atom stereocenters. The van der Waals surface area contributed by atoms with Gasteiger partial charge in [-0.05, 0) is 61.4 Å². The highest BCUT2D eigenvalue weighted by molar-refractivity contribution is 7.87. The highest BCUT2D eigenvalue weighted by Gasteiger charge is 2.26. The largest absolute Gasteiger partial charge is 0.490 e. The van der Waals surface area contributed by atoms with Crippen LogP contribution in [0.1, 0.15) is 43.2 Å². The zero-order valence-corrected chi connectivity index (χ0v) is 19.2. The number of anilines is 1. The molecule has 0 aliphatic heterocycles. The predicted molar refractivity (Wildman–Crippen MR) is 126 cm³/mol. The van der Waals surface area contributed by atoms with Gasteiger partial charge in [0.05, 0.1) is 6.61 Å². The molecule has 0 spiro atoms. The third kappa shape index (κ3) is 6.02. The number of hydrogen-bond donors (Lipinski definition) is 5. The average Bonchev–Trinajstić information content (AvgIpc) is 3.14. The second-order valence-corrected chi connectivity index (χ2v) is 8.71.